The molecule has 2 aliphatic rings. The minimum Gasteiger partial charge on any atom is -0.497 e. The van der Waals surface area contributed by atoms with Crippen molar-refractivity contribution < 1.29 is 19.1 Å². The molecule has 4 atom stereocenters. The van der Waals surface area contributed by atoms with Crippen molar-refractivity contribution in [1.82, 2.24) is 15.5 Å². The lowest BCUT2D eigenvalue weighted by Gasteiger charge is -2.39. The maximum Gasteiger partial charge on any atom is 0.245 e. The van der Waals surface area contributed by atoms with Crippen LogP contribution < -0.4 is 15.4 Å². The Labute approximate surface area is 213 Å². The maximum atomic E-state index is 13.7. The second-order valence-electron chi connectivity index (χ2n) is 10.0. The van der Waals surface area contributed by atoms with Gasteiger partial charge in [0.2, 0.25) is 17.7 Å². The van der Waals surface area contributed by atoms with Crippen molar-refractivity contribution in [2.75, 3.05) is 7.11 Å². The van der Waals surface area contributed by atoms with Crippen molar-refractivity contribution in [1.29, 1.82) is 0 Å². The van der Waals surface area contributed by atoms with Gasteiger partial charge in [0.1, 0.15) is 17.8 Å². The fourth-order valence-corrected chi connectivity index (χ4v) is 5.18. The van der Waals surface area contributed by atoms with Crippen LogP contribution in [-0.4, -0.2) is 41.8 Å². The smallest absolute Gasteiger partial charge is 0.245 e. The maximum absolute atomic E-state index is 13.7. The Morgan fingerprint density at radius 2 is 1.86 bits per heavy atom. The summed E-state index contributed by atoms with van der Waals surface area (Å²) in [6.45, 7) is 5.76. The normalized spacial score (nSPS) is 20.4. The average Bonchev–Trinajstić information content (AvgIpc) is 2.91. The molecule has 1 aliphatic heterocycles. The third kappa shape index (κ3) is 5.40. The first-order valence-electron chi connectivity index (χ1n) is 13.0. The molecule has 7 nitrogen and oxygen atoms in total. The molecule has 0 radical (unpaired) electrons. The standard InChI is InChI=1S/C29H37N3O4/c1-5-18(2)27(33)30-19(3)29(35)32-17-22-15-23(36-4)14-13-21(22)16-26(32)28(34)31-25-12-8-10-20-9-6-7-11-24(20)25/h6-7,9,11,13-15,18-19,25-26H,5,8,10,12,16-17H2,1-4H3,(H,30,33)(H,31,34)/t18-,19+,25-,26+/m1/s1. The molecule has 0 aromatic heterocycles. The van der Waals surface area contributed by atoms with E-state index in [2.05, 4.69) is 22.8 Å². The minimum absolute atomic E-state index is 0.0702. The van der Waals surface area contributed by atoms with Gasteiger partial charge in [-0.05, 0) is 67.0 Å². The first-order chi connectivity index (χ1) is 17.3. The molecular weight excluding hydrogens is 454 g/mol. The molecule has 1 heterocycles. The number of amides is 3. The van der Waals surface area contributed by atoms with Gasteiger partial charge in [-0.25, -0.2) is 0 Å². The molecule has 7 heteroatoms. The third-order valence-electron chi connectivity index (χ3n) is 7.60. The van der Waals surface area contributed by atoms with Gasteiger partial charge in [0, 0.05) is 18.9 Å². The number of ether oxygens (including phenoxy) is 1. The molecule has 0 fully saturated rings. The summed E-state index contributed by atoms with van der Waals surface area (Å²) in [7, 11) is 1.61. The van der Waals surface area contributed by atoms with Gasteiger partial charge in [-0.2, -0.15) is 0 Å². The van der Waals surface area contributed by atoms with Gasteiger partial charge in [-0.3, -0.25) is 14.4 Å². The van der Waals surface area contributed by atoms with Crippen LogP contribution in [0.1, 0.15) is 68.3 Å². The summed E-state index contributed by atoms with van der Waals surface area (Å²) in [5, 5.41) is 6.09. The first kappa shape index (κ1) is 25.7. The second kappa shape index (κ2) is 11.1. The first-order valence-corrected chi connectivity index (χ1v) is 13.0. The van der Waals surface area contributed by atoms with Crippen molar-refractivity contribution in [3.05, 3.63) is 64.7 Å². The van der Waals surface area contributed by atoms with E-state index >= 15 is 0 Å². The molecule has 0 saturated carbocycles. The lowest BCUT2D eigenvalue weighted by Crippen LogP contribution is -2.57. The average molecular weight is 492 g/mol. The summed E-state index contributed by atoms with van der Waals surface area (Å²) in [6, 6.07) is 12.6. The monoisotopic (exact) mass is 491 g/mol. The van der Waals surface area contributed by atoms with E-state index in [9.17, 15) is 14.4 Å². The zero-order chi connectivity index (χ0) is 25.8. The molecule has 2 aromatic rings. The van der Waals surface area contributed by atoms with Crippen LogP contribution in [-0.2, 0) is 33.8 Å². The highest BCUT2D eigenvalue weighted by Gasteiger charge is 2.38. The highest BCUT2D eigenvalue weighted by atomic mass is 16.5. The van der Waals surface area contributed by atoms with Crippen molar-refractivity contribution >= 4 is 17.7 Å². The van der Waals surface area contributed by atoms with Crippen LogP contribution in [0.4, 0.5) is 0 Å². The molecule has 1 aliphatic carbocycles. The summed E-state index contributed by atoms with van der Waals surface area (Å²) >= 11 is 0. The van der Waals surface area contributed by atoms with Crippen LogP contribution in [0.15, 0.2) is 42.5 Å². The second-order valence-corrected chi connectivity index (χ2v) is 10.0. The number of hydrogen-bond acceptors (Lipinski definition) is 4. The molecular formula is C29H37N3O4. The summed E-state index contributed by atoms with van der Waals surface area (Å²) in [5.74, 6) is -0.0495. The number of methoxy groups -OCH3 is 1. The van der Waals surface area contributed by atoms with E-state index in [0.29, 0.717) is 18.6 Å². The van der Waals surface area contributed by atoms with E-state index in [1.165, 1.54) is 5.56 Å². The van der Waals surface area contributed by atoms with E-state index in [4.69, 9.17) is 4.74 Å². The van der Waals surface area contributed by atoms with Gasteiger partial charge >= 0.3 is 0 Å². The van der Waals surface area contributed by atoms with E-state index in [-0.39, 0.29) is 36.2 Å². The molecule has 0 bridgehead atoms. The summed E-state index contributed by atoms with van der Waals surface area (Å²) in [6.07, 6.45) is 4.00. The molecule has 36 heavy (non-hydrogen) atoms. The molecule has 0 saturated heterocycles. The van der Waals surface area contributed by atoms with Crippen LogP contribution in [0.25, 0.3) is 0 Å². The number of nitrogens with one attached hydrogen (secondary N) is 2. The van der Waals surface area contributed by atoms with Gasteiger partial charge < -0.3 is 20.3 Å². The van der Waals surface area contributed by atoms with Crippen molar-refractivity contribution in [3.63, 3.8) is 0 Å². The topological polar surface area (TPSA) is 87.7 Å². The fraction of sp³-hybridized carbons (Fsp3) is 0.483. The number of rotatable bonds is 7. The predicted molar refractivity (Wildman–Crippen MR) is 138 cm³/mol. The van der Waals surface area contributed by atoms with Gasteiger partial charge in [-0.15, -0.1) is 0 Å². The Morgan fingerprint density at radius 1 is 1.08 bits per heavy atom. The Bertz CT molecular complexity index is 1130. The van der Waals surface area contributed by atoms with Crippen LogP contribution in [0, 0.1) is 5.92 Å². The van der Waals surface area contributed by atoms with E-state index in [0.717, 1.165) is 36.0 Å². The zero-order valence-electron chi connectivity index (χ0n) is 21.7. The minimum atomic E-state index is -0.732. The Kier molecular flexibility index (Phi) is 7.97. The Balaban J connectivity index is 1.58. The third-order valence-corrected chi connectivity index (χ3v) is 7.60. The van der Waals surface area contributed by atoms with Crippen molar-refractivity contribution in [3.8, 4) is 5.75 Å². The van der Waals surface area contributed by atoms with Crippen LogP contribution in [0.2, 0.25) is 0 Å². The van der Waals surface area contributed by atoms with Gasteiger partial charge in [0.05, 0.1) is 13.2 Å². The lowest BCUT2D eigenvalue weighted by molar-refractivity contribution is -0.144. The van der Waals surface area contributed by atoms with Gasteiger partial charge in [0.15, 0.2) is 0 Å². The zero-order valence-corrected chi connectivity index (χ0v) is 21.7. The van der Waals surface area contributed by atoms with Crippen LogP contribution in [0.5, 0.6) is 5.75 Å². The molecule has 4 rings (SSSR count). The molecule has 192 valence electrons. The molecule has 0 spiro atoms. The Hall–Kier alpha value is -3.35. The molecule has 2 aromatic carbocycles. The number of carbonyl (C=O) groups excluding carboxylic acids is 3. The number of nitrogens with zero attached hydrogens (tertiary/aromatic N) is 1. The number of aryl methyl sites for hydroxylation is 1. The van der Waals surface area contributed by atoms with Crippen LogP contribution in [0.3, 0.4) is 0 Å². The number of carbonyl (C=O) groups is 3. The number of benzene rings is 2. The van der Waals surface area contributed by atoms with E-state index in [1.54, 1.807) is 18.9 Å². The lowest BCUT2D eigenvalue weighted by atomic mass is 9.87. The van der Waals surface area contributed by atoms with E-state index in [1.807, 2.05) is 44.2 Å². The van der Waals surface area contributed by atoms with Crippen molar-refractivity contribution in [2.24, 2.45) is 5.92 Å². The fourth-order valence-electron chi connectivity index (χ4n) is 5.18. The molecule has 3 amide bonds. The summed E-state index contributed by atoms with van der Waals surface area (Å²) in [5.41, 5.74) is 4.41. The van der Waals surface area contributed by atoms with Gasteiger partial charge in [0.25, 0.3) is 0 Å². The van der Waals surface area contributed by atoms with Crippen molar-refractivity contribution in [2.45, 2.75) is 77.5 Å². The SMILES string of the molecule is CC[C@@H](C)C(=O)N[C@@H](C)C(=O)N1Cc2cc(OC)ccc2C[C@H]1C(=O)N[C@@H]1CCCc2ccccc21. The van der Waals surface area contributed by atoms with E-state index < -0.39 is 12.1 Å². The highest BCUT2D eigenvalue weighted by Crippen LogP contribution is 2.31. The van der Waals surface area contributed by atoms with Gasteiger partial charge in [-0.1, -0.05) is 44.2 Å². The summed E-state index contributed by atoms with van der Waals surface area (Å²) < 4.78 is 5.38. The Morgan fingerprint density at radius 3 is 2.61 bits per heavy atom. The quantitative estimate of drug-likeness (QED) is 0.618. The molecule has 2 N–H and O–H groups in total. The summed E-state index contributed by atoms with van der Waals surface area (Å²) in [4.78, 5) is 41.4. The largest absolute Gasteiger partial charge is 0.497 e. The van der Waals surface area contributed by atoms with Crippen LogP contribution >= 0.6 is 0 Å². The number of hydrogen-bond donors (Lipinski definition) is 2. The molecule has 0 unspecified atom stereocenters. The highest BCUT2D eigenvalue weighted by molar-refractivity contribution is 5.93. The number of fused-ring (bicyclic) bond motifs is 2. The predicted octanol–water partition coefficient (Wildman–Crippen LogP) is 3.69.